The van der Waals surface area contributed by atoms with Crippen LogP contribution in [0.15, 0.2) is 5.16 Å². The molecule has 25 heavy (non-hydrogen) atoms. The van der Waals surface area contributed by atoms with Crippen molar-refractivity contribution in [2.45, 2.75) is 40.2 Å². The summed E-state index contributed by atoms with van der Waals surface area (Å²) < 4.78 is 10.1. The highest BCUT2D eigenvalue weighted by molar-refractivity contribution is 6.38. The molecule has 0 spiro atoms. The van der Waals surface area contributed by atoms with Crippen LogP contribution in [-0.4, -0.2) is 59.0 Å². The lowest BCUT2D eigenvalue weighted by Gasteiger charge is -2.26. The maximum absolute atomic E-state index is 12.1. The summed E-state index contributed by atoms with van der Waals surface area (Å²) in [6.45, 7) is 9.67. The third-order valence-corrected chi connectivity index (χ3v) is 4.62. The molecule has 0 aromatic carbocycles. The average molecular weight is 354 g/mol. The number of oxime groups is 1. The molecular formula is C17H26N2O6. The Morgan fingerprint density at radius 3 is 2.24 bits per heavy atom. The zero-order valence-corrected chi connectivity index (χ0v) is 15.3. The van der Waals surface area contributed by atoms with E-state index >= 15 is 0 Å². The van der Waals surface area contributed by atoms with Crippen LogP contribution in [0, 0.1) is 23.7 Å². The first-order chi connectivity index (χ1) is 11.6. The first-order valence-corrected chi connectivity index (χ1v) is 8.51. The van der Waals surface area contributed by atoms with Crippen LogP contribution in [0.3, 0.4) is 0 Å². The number of esters is 1. The first kappa shape index (κ1) is 19.2. The van der Waals surface area contributed by atoms with Gasteiger partial charge >= 0.3 is 12.1 Å². The van der Waals surface area contributed by atoms with Gasteiger partial charge < -0.3 is 19.6 Å². The third kappa shape index (κ3) is 4.11. The summed E-state index contributed by atoms with van der Waals surface area (Å²) in [6, 6.07) is 0. The molecule has 4 atom stereocenters. The third-order valence-electron chi connectivity index (χ3n) is 4.62. The molecule has 0 aromatic rings. The van der Waals surface area contributed by atoms with Gasteiger partial charge in [-0.15, -0.1) is 0 Å². The van der Waals surface area contributed by atoms with E-state index in [0.29, 0.717) is 13.1 Å². The minimum atomic E-state index is -0.919. The van der Waals surface area contributed by atoms with Crippen molar-refractivity contribution in [3.63, 3.8) is 0 Å². The number of fused-ring (bicyclic) bond motifs is 1. The number of rotatable bonds is 5. The van der Waals surface area contributed by atoms with Crippen molar-refractivity contribution in [3.05, 3.63) is 0 Å². The van der Waals surface area contributed by atoms with Crippen molar-refractivity contribution in [2.24, 2.45) is 28.8 Å². The van der Waals surface area contributed by atoms with Gasteiger partial charge in [-0.3, -0.25) is 4.79 Å². The highest BCUT2D eigenvalue weighted by atomic mass is 16.6. The van der Waals surface area contributed by atoms with Crippen LogP contribution in [0.5, 0.6) is 0 Å². The number of hydrogen-bond donors (Lipinski definition) is 1. The molecular weight excluding hydrogens is 328 g/mol. The van der Waals surface area contributed by atoms with E-state index in [9.17, 15) is 19.6 Å². The van der Waals surface area contributed by atoms with Crippen molar-refractivity contribution >= 4 is 23.6 Å². The predicted molar refractivity (Wildman–Crippen MR) is 88.3 cm³/mol. The molecule has 2 rings (SSSR count). The van der Waals surface area contributed by atoms with Crippen molar-refractivity contribution in [2.75, 3.05) is 19.7 Å². The molecule has 2 fully saturated rings. The van der Waals surface area contributed by atoms with Crippen molar-refractivity contribution in [3.8, 4) is 0 Å². The zero-order valence-electron chi connectivity index (χ0n) is 15.3. The molecule has 8 nitrogen and oxygen atoms in total. The van der Waals surface area contributed by atoms with E-state index in [0.717, 1.165) is 0 Å². The van der Waals surface area contributed by atoms with E-state index < -0.39 is 23.3 Å². The second-order valence-electron chi connectivity index (χ2n) is 7.57. The Morgan fingerprint density at radius 2 is 1.80 bits per heavy atom. The van der Waals surface area contributed by atoms with Crippen LogP contribution >= 0.6 is 0 Å². The number of ketones is 1. The van der Waals surface area contributed by atoms with Gasteiger partial charge in [-0.1, -0.05) is 5.16 Å². The summed E-state index contributed by atoms with van der Waals surface area (Å²) in [5.74, 6) is -2.33. The topological polar surface area (TPSA) is 106 Å². The maximum atomic E-state index is 12.1. The molecule has 1 saturated carbocycles. The van der Waals surface area contributed by atoms with Gasteiger partial charge in [-0.05, 0) is 46.5 Å². The summed E-state index contributed by atoms with van der Waals surface area (Å²) >= 11 is 0. The van der Waals surface area contributed by atoms with E-state index in [-0.39, 0.29) is 36.2 Å². The number of Topliss-reactive ketones (excluding diaryl/α,β-unsaturated/α-hetero) is 1. The fourth-order valence-electron chi connectivity index (χ4n) is 3.40. The summed E-state index contributed by atoms with van der Waals surface area (Å²) in [7, 11) is 0. The Kier molecular flexibility index (Phi) is 5.39. The van der Waals surface area contributed by atoms with Crippen LogP contribution in [0.25, 0.3) is 0 Å². The smallest absolute Gasteiger partial charge is 0.410 e. The second-order valence-corrected chi connectivity index (χ2v) is 7.57. The summed E-state index contributed by atoms with van der Waals surface area (Å²) in [5, 5.41) is 12.6. The molecule has 1 aliphatic carbocycles. The number of carbonyl (C=O) groups is 3. The van der Waals surface area contributed by atoms with Gasteiger partial charge in [0.2, 0.25) is 5.78 Å². The second kappa shape index (κ2) is 7.01. The monoisotopic (exact) mass is 354 g/mol. The lowest BCUT2D eigenvalue weighted by atomic mass is 9.94. The predicted octanol–water partition coefficient (Wildman–Crippen LogP) is 1.70. The van der Waals surface area contributed by atoms with Gasteiger partial charge in [0, 0.05) is 19.0 Å². The van der Waals surface area contributed by atoms with Crippen molar-refractivity contribution < 1.29 is 29.1 Å². The van der Waals surface area contributed by atoms with Gasteiger partial charge in [-0.2, -0.15) is 0 Å². The lowest BCUT2D eigenvalue weighted by molar-refractivity contribution is -0.154. The Hall–Kier alpha value is -2.12. The molecule has 140 valence electrons. The normalized spacial score (nSPS) is 26.7. The van der Waals surface area contributed by atoms with E-state index in [1.807, 2.05) is 20.8 Å². The van der Waals surface area contributed by atoms with Crippen LogP contribution in [0.2, 0.25) is 0 Å². The number of amides is 1. The summed E-state index contributed by atoms with van der Waals surface area (Å²) in [4.78, 5) is 37.4. The highest BCUT2D eigenvalue weighted by Crippen LogP contribution is 2.53. The van der Waals surface area contributed by atoms with Gasteiger partial charge in [0.25, 0.3) is 0 Å². The fourth-order valence-corrected chi connectivity index (χ4v) is 3.40. The summed E-state index contributed by atoms with van der Waals surface area (Å²) in [5.41, 5.74) is -0.265. The molecule has 1 saturated heterocycles. The molecule has 1 amide bonds. The van der Waals surface area contributed by atoms with E-state index in [4.69, 9.17) is 9.47 Å². The van der Waals surface area contributed by atoms with Gasteiger partial charge in [0.05, 0.1) is 18.2 Å². The lowest BCUT2D eigenvalue weighted by Crippen LogP contribution is -2.38. The zero-order chi connectivity index (χ0) is 18.9. The molecule has 0 bridgehead atoms. The Balaban J connectivity index is 1.94. The van der Waals surface area contributed by atoms with E-state index in [1.54, 1.807) is 11.8 Å². The quantitative estimate of drug-likeness (QED) is 0.265. The van der Waals surface area contributed by atoms with Crippen molar-refractivity contribution in [1.82, 2.24) is 4.90 Å². The average Bonchev–Trinajstić information content (AvgIpc) is 2.98. The molecule has 0 aromatic heterocycles. The van der Waals surface area contributed by atoms with Gasteiger partial charge in [-0.25, -0.2) is 9.59 Å². The molecule has 1 N–H and O–H groups in total. The largest absolute Gasteiger partial charge is 0.460 e. The van der Waals surface area contributed by atoms with E-state index in [1.165, 1.54) is 6.92 Å². The van der Waals surface area contributed by atoms with E-state index in [2.05, 4.69) is 5.16 Å². The van der Waals surface area contributed by atoms with Crippen LogP contribution in [0.1, 0.15) is 34.6 Å². The minimum Gasteiger partial charge on any atom is -0.460 e. The molecule has 1 heterocycles. The molecule has 2 unspecified atom stereocenters. The number of nitrogens with zero attached hydrogens (tertiary/aromatic N) is 2. The number of ether oxygens (including phenoxy) is 2. The SMILES string of the molecule is CCOC(=O)C(=O)C(C)/C(=N/O)C1[C@H]2CN(C(=O)OC(C)(C)C)C[C@@H]12. The number of piperidine rings is 1. The maximum Gasteiger partial charge on any atom is 0.410 e. The number of likely N-dealkylation sites (tertiary alicyclic amines) is 1. The number of hydrogen-bond acceptors (Lipinski definition) is 7. The first-order valence-electron chi connectivity index (χ1n) is 8.51. The minimum absolute atomic E-state index is 0.0999. The van der Waals surface area contributed by atoms with Crippen LogP contribution in [0.4, 0.5) is 4.79 Å². The highest BCUT2D eigenvalue weighted by Gasteiger charge is 2.60. The molecule has 1 aliphatic heterocycles. The molecule has 8 heteroatoms. The van der Waals surface area contributed by atoms with Crippen LogP contribution in [-0.2, 0) is 19.1 Å². The summed E-state index contributed by atoms with van der Waals surface area (Å²) in [6.07, 6.45) is -0.364. The molecule has 0 radical (unpaired) electrons. The molecule has 2 aliphatic rings. The standard InChI is InChI=1S/C17H26N2O6/c1-6-24-15(21)14(20)9(2)13(18-23)12-10-7-19(8-11(10)12)16(22)25-17(3,4)5/h9-12,23H,6-8H2,1-5H3/b18-13-/t9?,10-,11+,12?. The van der Waals surface area contributed by atoms with Crippen molar-refractivity contribution in [1.29, 1.82) is 0 Å². The van der Waals surface area contributed by atoms with Crippen LogP contribution < -0.4 is 0 Å². The Labute approximate surface area is 147 Å². The Morgan fingerprint density at radius 1 is 1.24 bits per heavy atom. The fraction of sp³-hybridized carbons (Fsp3) is 0.765. The van der Waals surface area contributed by atoms with Gasteiger partial charge in [0.1, 0.15) is 5.60 Å². The Bertz CT molecular complexity index is 582. The van der Waals surface area contributed by atoms with Gasteiger partial charge in [0.15, 0.2) is 0 Å². The number of carbonyl (C=O) groups excluding carboxylic acids is 3.